The molecule has 2 nitrogen and oxygen atoms in total. The lowest BCUT2D eigenvalue weighted by Gasteiger charge is -2.37. The fourth-order valence-corrected chi connectivity index (χ4v) is 10.5. The van der Waals surface area contributed by atoms with E-state index in [9.17, 15) is 0 Å². The van der Waals surface area contributed by atoms with Crippen LogP contribution in [0.1, 0.15) is 57.2 Å². The number of hydrogen-bond acceptors (Lipinski definition) is 2. The van der Waals surface area contributed by atoms with Crippen molar-refractivity contribution in [3.63, 3.8) is 0 Å². The van der Waals surface area contributed by atoms with Gasteiger partial charge in [-0.25, -0.2) is 0 Å². The van der Waals surface area contributed by atoms with Crippen molar-refractivity contribution in [3.05, 3.63) is 197 Å². The normalized spacial score (nSPS) is 14.4. The monoisotopic (exact) mass is 776 g/mol. The fraction of sp³-hybridized carbons (Fsp3) is 0.172. The van der Waals surface area contributed by atoms with Crippen molar-refractivity contribution in [1.82, 2.24) is 0 Å². The van der Waals surface area contributed by atoms with E-state index < -0.39 is 0 Å². The van der Waals surface area contributed by atoms with Gasteiger partial charge in [-0.05, 0) is 166 Å². The fourth-order valence-electron chi connectivity index (χ4n) is 10.5. The first-order valence-electron chi connectivity index (χ1n) is 21.7. The molecule has 1 aliphatic carbocycles. The summed E-state index contributed by atoms with van der Waals surface area (Å²) in [7, 11) is 0. The highest BCUT2D eigenvalue weighted by Crippen LogP contribution is 2.48. The molecular formula is C58H52N2. The molecule has 0 saturated heterocycles. The van der Waals surface area contributed by atoms with Crippen molar-refractivity contribution in [2.45, 2.75) is 66.8 Å². The standard InChI is InChI=1S/C58H52N2/c1-7-49-37(3)29-47(30-38(49)4)59(45-27-25-41-17-9-11-19-43(41)33-45)57-35-55-52-22-14-16-24-54(52)58(36-56(55)51-21-13-15-23-53(51)57)60(48-31-39(5)50(8-2)40(6)32-48)46-28-26-42-18-10-12-20-44(42)34-46/h9-31,33-36,48H,7-8,32H2,1-6H3. The van der Waals surface area contributed by atoms with E-state index in [1.807, 2.05) is 0 Å². The molecule has 0 aromatic heterocycles. The van der Waals surface area contributed by atoms with Gasteiger partial charge in [0.05, 0.1) is 17.4 Å². The second-order valence-corrected chi connectivity index (χ2v) is 16.9. The molecule has 60 heavy (non-hydrogen) atoms. The highest BCUT2D eigenvalue weighted by atomic mass is 15.2. The molecule has 9 aromatic carbocycles. The summed E-state index contributed by atoms with van der Waals surface area (Å²) in [5.41, 5.74) is 14.4. The van der Waals surface area contributed by atoms with E-state index in [0.717, 1.165) is 24.9 Å². The van der Waals surface area contributed by atoms with Crippen LogP contribution < -0.4 is 9.80 Å². The van der Waals surface area contributed by atoms with E-state index in [1.54, 1.807) is 0 Å². The van der Waals surface area contributed by atoms with Crippen molar-refractivity contribution >= 4 is 82.3 Å². The van der Waals surface area contributed by atoms with E-state index in [4.69, 9.17) is 0 Å². The molecule has 10 rings (SSSR count). The first-order chi connectivity index (χ1) is 29.3. The van der Waals surface area contributed by atoms with Gasteiger partial charge < -0.3 is 9.80 Å². The summed E-state index contributed by atoms with van der Waals surface area (Å²) in [6, 6.07) is 59.5. The second-order valence-electron chi connectivity index (χ2n) is 16.9. The molecule has 0 heterocycles. The smallest absolute Gasteiger partial charge is 0.0565 e. The lowest BCUT2D eigenvalue weighted by atomic mass is 9.86. The molecule has 0 radical (unpaired) electrons. The SMILES string of the molecule is CCC1=C(C)CC(N(c2ccc3ccccc3c2)c2cc3c4ccccc4c(N(c4cc(C)c(CC)c(C)c4)c4ccc5ccccc5c4)cc3c3ccccc23)C=C1C. The van der Waals surface area contributed by atoms with Crippen molar-refractivity contribution in [2.24, 2.45) is 0 Å². The highest BCUT2D eigenvalue weighted by Gasteiger charge is 2.28. The number of hydrogen-bond donors (Lipinski definition) is 0. The minimum atomic E-state index is 0.161. The zero-order valence-electron chi connectivity index (χ0n) is 35.7. The highest BCUT2D eigenvalue weighted by molar-refractivity contribution is 6.24. The second kappa shape index (κ2) is 15.2. The maximum atomic E-state index is 2.64. The van der Waals surface area contributed by atoms with Gasteiger partial charge in [0, 0.05) is 27.8 Å². The largest absolute Gasteiger partial charge is 0.334 e. The molecule has 0 aliphatic heterocycles. The Morgan fingerprint density at radius 3 is 1.52 bits per heavy atom. The molecule has 2 heteroatoms. The number of aryl methyl sites for hydroxylation is 2. The third kappa shape index (κ3) is 6.34. The number of nitrogens with zero attached hydrogens (tertiary/aromatic N) is 2. The number of benzene rings is 9. The molecule has 294 valence electrons. The van der Waals surface area contributed by atoms with Crippen LogP contribution in [0.25, 0.3) is 53.9 Å². The predicted molar refractivity (Wildman–Crippen MR) is 261 cm³/mol. The molecule has 0 N–H and O–H groups in total. The lowest BCUT2D eigenvalue weighted by molar-refractivity contribution is 0.735. The third-order valence-electron chi connectivity index (χ3n) is 13.3. The first-order valence-corrected chi connectivity index (χ1v) is 21.7. The summed E-state index contributed by atoms with van der Waals surface area (Å²) in [6.45, 7) is 13.7. The Labute approximate surface area is 354 Å². The first kappa shape index (κ1) is 37.6. The summed E-state index contributed by atoms with van der Waals surface area (Å²) in [4.78, 5) is 5.15. The van der Waals surface area contributed by atoms with Crippen molar-refractivity contribution < 1.29 is 0 Å². The summed E-state index contributed by atoms with van der Waals surface area (Å²) in [5, 5.41) is 12.5. The van der Waals surface area contributed by atoms with Crippen LogP contribution in [-0.4, -0.2) is 6.04 Å². The summed E-state index contributed by atoms with van der Waals surface area (Å²) in [5.74, 6) is 0. The number of rotatable bonds is 8. The average molecular weight is 777 g/mol. The van der Waals surface area contributed by atoms with Gasteiger partial charge in [-0.3, -0.25) is 0 Å². The minimum Gasteiger partial charge on any atom is -0.334 e. The average Bonchev–Trinajstić information content (AvgIpc) is 3.26. The molecule has 0 fully saturated rings. The molecule has 0 saturated carbocycles. The van der Waals surface area contributed by atoms with E-state index in [0.29, 0.717) is 0 Å². The van der Waals surface area contributed by atoms with Crippen LogP contribution in [0, 0.1) is 13.8 Å². The number of fused-ring (bicyclic) bond motifs is 7. The maximum Gasteiger partial charge on any atom is 0.0565 e. The van der Waals surface area contributed by atoms with Gasteiger partial charge in [0.2, 0.25) is 0 Å². The van der Waals surface area contributed by atoms with Gasteiger partial charge in [-0.15, -0.1) is 0 Å². The van der Waals surface area contributed by atoms with Gasteiger partial charge >= 0.3 is 0 Å². The van der Waals surface area contributed by atoms with Gasteiger partial charge in [0.1, 0.15) is 0 Å². The minimum absolute atomic E-state index is 0.161. The molecule has 1 atom stereocenters. The molecule has 9 aromatic rings. The van der Waals surface area contributed by atoms with Crippen LogP contribution >= 0.6 is 0 Å². The van der Waals surface area contributed by atoms with E-state index in [2.05, 4.69) is 215 Å². The van der Waals surface area contributed by atoms with Crippen LogP contribution in [0.4, 0.5) is 28.4 Å². The van der Waals surface area contributed by atoms with Gasteiger partial charge in [0.15, 0.2) is 0 Å². The molecule has 0 spiro atoms. The predicted octanol–water partition coefficient (Wildman–Crippen LogP) is 16.7. The molecule has 1 unspecified atom stereocenters. The van der Waals surface area contributed by atoms with Crippen LogP contribution in [0.2, 0.25) is 0 Å². The van der Waals surface area contributed by atoms with Crippen LogP contribution in [0.5, 0.6) is 0 Å². The van der Waals surface area contributed by atoms with E-state index in [-0.39, 0.29) is 6.04 Å². The van der Waals surface area contributed by atoms with Crippen molar-refractivity contribution in [2.75, 3.05) is 9.80 Å². The lowest BCUT2D eigenvalue weighted by Crippen LogP contribution is -2.32. The topological polar surface area (TPSA) is 6.48 Å². The zero-order valence-corrected chi connectivity index (χ0v) is 35.7. The van der Waals surface area contributed by atoms with E-state index in [1.165, 1.54) is 110 Å². The summed E-state index contributed by atoms with van der Waals surface area (Å²) < 4.78 is 0. The Morgan fingerprint density at radius 2 is 0.950 bits per heavy atom. The van der Waals surface area contributed by atoms with Crippen molar-refractivity contribution in [3.8, 4) is 0 Å². The quantitative estimate of drug-likeness (QED) is 0.142. The van der Waals surface area contributed by atoms with Crippen LogP contribution in [-0.2, 0) is 6.42 Å². The van der Waals surface area contributed by atoms with Crippen LogP contribution in [0.15, 0.2) is 181 Å². The Hall–Kier alpha value is -6.64. The molecule has 0 amide bonds. The van der Waals surface area contributed by atoms with Gasteiger partial charge in [-0.2, -0.15) is 0 Å². The summed E-state index contributed by atoms with van der Waals surface area (Å²) in [6.07, 6.45) is 5.58. The van der Waals surface area contributed by atoms with Crippen molar-refractivity contribution in [1.29, 1.82) is 0 Å². The van der Waals surface area contributed by atoms with E-state index >= 15 is 0 Å². The molecule has 0 bridgehead atoms. The molecular weight excluding hydrogens is 725 g/mol. The van der Waals surface area contributed by atoms with Gasteiger partial charge in [0.25, 0.3) is 0 Å². The zero-order chi connectivity index (χ0) is 41.1. The maximum absolute atomic E-state index is 2.64. The third-order valence-corrected chi connectivity index (χ3v) is 13.3. The number of anilines is 5. The Bertz CT molecular complexity index is 3190. The molecule has 1 aliphatic rings. The van der Waals surface area contributed by atoms with Crippen LogP contribution in [0.3, 0.4) is 0 Å². The Kier molecular flexibility index (Phi) is 9.52. The Balaban J connectivity index is 1.27. The number of allylic oxidation sites excluding steroid dienone is 2. The summed E-state index contributed by atoms with van der Waals surface area (Å²) >= 11 is 0. The van der Waals surface area contributed by atoms with Gasteiger partial charge in [-0.1, -0.05) is 135 Å². The Morgan fingerprint density at radius 1 is 0.450 bits per heavy atom.